The van der Waals surface area contributed by atoms with Crippen LogP contribution >= 0.6 is 0 Å². The third-order valence-electron chi connectivity index (χ3n) is 12.4. The van der Waals surface area contributed by atoms with Gasteiger partial charge >= 0.3 is 0 Å². The SMILES string of the molecule is Cc1cccc(N(c2ccccc2)c2ccc3cc4c(cc3c2)oc2c4cc(C)c3c4cc5ccc(N(c6ccccc6)c6cccc(C)c6C)cc5cc4oc23)c1C. The highest BCUT2D eigenvalue weighted by molar-refractivity contribution is 6.22. The first-order chi connectivity index (χ1) is 28.8. The molecule has 0 atom stereocenters. The first-order valence-electron chi connectivity index (χ1n) is 20.3. The van der Waals surface area contributed by atoms with Crippen LogP contribution in [0.4, 0.5) is 34.1 Å². The largest absolute Gasteiger partial charge is 0.452 e. The van der Waals surface area contributed by atoms with E-state index in [1.165, 1.54) is 33.6 Å². The summed E-state index contributed by atoms with van der Waals surface area (Å²) in [5, 5.41) is 8.89. The van der Waals surface area contributed by atoms with Gasteiger partial charge in [0.25, 0.3) is 0 Å². The van der Waals surface area contributed by atoms with Gasteiger partial charge in [-0.05, 0) is 175 Å². The molecular formula is C55H42N2O2. The summed E-state index contributed by atoms with van der Waals surface area (Å²) < 4.78 is 13.7. The van der Waals surface area contributed by atoms with E-state index in [1.54, 1.807) is 0 Å². The van der Waals surface area contributed by atoms with Crippen molar-refractivity contribution in [2.45, 2.75) is 34.6 Å². The molecule has 0 amide bonds. The Morgan fingerprint density at radius 3 is 1.37 bits per heavy atom. The van der Waals surface area contributed by atoms with Gasteiger partial charge in [0.05, 0.1) is 0 Å². The summed E-state index contributed by atoms with van der Waals surface area (Å²) in [5.41, 5.74) is 16.2. The van der Waals surface area contributed by atoms with Gasteiger partial charge in [0.2, 0.25) is 0 Å². The van der Waals surface area contributed by atoms with E-state index in [2.05, 4.69) is 208 Å². The molecule has 2 heterocycles. The summed E-state index contributed by atoms with van der Waals surface area (Å²) in [7, 11) is 0. The predicted molar refractivity (Wildman–Crippen MR) is 249 cm³/mol. The molecule has 11 aromatic rings. The Labute approximate surface area is 343 Å². The smallest absolute Gasteiger partial charge is 0.178 e. The zero-order valence-electron chi connectivity index (χ0n) is 33.8. The molecule has 0 spiro atoms. The maximum atomic E-state index is 6.84. The summed E-state index contributed by atoms with van der Waals surface area (Å²) in [5.74, 6) is 0. The normalized spacial score (nSPS) is 11.8. The van der Waals surface area contributed by atoms with Crippen LogP contribution < -0.4 is 9.80 Å². The van der Waals surface area contributed by atoms with Crippen molar-refractivity contribution in [2.24, 2.45) is 0 Å². The molecule has 9 aromatic carbocycles. The van der Waals surface area contributed by atoms with Crippen molar-refractivity contribution in [3.8, 4) is 0 Å². The van der Waals surface area contributed by atoms with Crippen molar-refractivity contribution in [1.82, 2.24) is 0 Å². The number of furan rings is 2. The summed E-state index contributed by atoms with van der Waals surface area (Å²) in [6.45, 7) is 10.9. The Kier molecular flexibility index (Phi) is 7.92. The van der Waals surface area contributed by atoms with E-state index in [0.29, 0.717) is 0 Å². The van der Waals surface area contributed by atoms with Crippen molar-refractivity contribution in [2.75, 3.05) is 9.80 Å². The van der Waals surface area contributed by atoms with Crippen LogP contribution in [0.1, 0.15) is 27.8 Å². The lowest BCUT2D eigenvalue weighted by Gasteiger charge is -2.28. The van der Waals surface area contributed by atoms with E-state index in [0.717, 1.165) is 93.7 Å². The molecule has 0 aliphatic heterocycles. The fourth-order valence-electron chi connectivity index (χ4n) is 9.07. The van der Waals surface area contributed by atoms with Gasteiger partial charge < -0.3 is 18.6 Å². The number of rotatable bonds is 6. The Morgan fingerprint density at radius 2 is 0.831 bits per heavy atom. The highest BCUT2D eigenvalue weighted by atomic mass is 16.4. The molecule has 0 N–H and O–H groups in total. The van der Waals surface area contributed by atoms with E-state index in [9.17, 15) is 0 Å². The average molecular weight is 763 g/mol. The molecular weight excluding hydrogens is 721 g/mol. The van der Waals surface area contributed by atoms with E-state index in [4.69, 9.17) is 8.83 Å². The lowest BCUT2D eigenvalue weighted by atomic mass is 10.00. The zero-order valence-corrected chi connectivity index (χ0v) is 33.8. The van der Waals surface area contributed by atoms with Crippen molar-refractivity contribution in [3.05, 3.63) is 192 Å². The van der Waals surface area contributed by atoms with Gasteiger partial charge in [-0.3, -0.25) is 0 Å². The number of benzene rings is 9. The number of anilines is 6. The minimum absolute atomic E-state index is 0.781. The molecule has 0 unspecified atom stereocenters. The standard InChI is InChI=1S/C55H42N2O2/c1-33-14-12-20-49(36(33)4)56(42-16-8-6-9-17-42)44-24-22-38-29-46-47-26-35(3)53-48-30-39-23-25-45(57(43-18-10-7-11-19-43)50-21-13-15-34(2)37(50)5)28-41(39)32-52(48)59-55(53)54(47)58-51(46)31-40(38)27-44/h6-32H,1-5H3. The molecule has 4 heteroatoms. The second-order valence-electron chi connectivity index (χ2n) is 16.0. The van der Waals surface area contributed by atoms with Crippen LogP contribution in [-0.4, -0.2) is 0 Å². The highest BCUT2D eigenvalue weighted by Gasteiger charge is 2.22. The topological polar surface area (TPSA) is 32.8 Å². The molecule has 0 aliphatic rings. The van der Waals surface area contributed by atoms with Crippen molar-refractivity contribution >= 4 is 99.5 Å². The lowest BCUT2D eigenvalue weighted by molar-refractivity contribution is 0.633. The van der Waals surface area contributed by atoms with E-state index in [1.807, 2.05) is 0 Å². The van der Waals surface area contributed by atoms with Crippen LogP contribution in [0.5, 0.6) is 0 Å². The van der Waals surface area contributed by atoms with Gasteiger partial charge in [0, 0.05) is 55.7 Å². The molecule has 0 radical (unpaired) electrons. The zero-order chi connectivity index (χ0) is 39.9. The van der Waals surface area contributed by atoms with Crippen molar-refractivity contribution < 1.29 is 8.83 Å². The van der Waals surface area contributed by atoms with Gasteiger partial charge in [-0.1, -0.05) is 72.8 Å². The van der Waals surface area contributed by atoms with E-state index < -0.39 is 0 Å². The summed E-state index contributed by atoms with van der Waals surface area (Å²) in [6, 6.07) is 58.9. The molecule has 2 aromatic heterocycles. The molecule has 0 saturated heterocycles. The monoisotopic (exact) mass is 762 g/mol. The second-order valence-corrected chi connectivity index (χ2v) is 16.0. The number of hydrogen-bond acceptors (Lipinski definition) is 4. The average Bonchev–Trinajstić information content (AvgIpc) is 3.81. The number of fused-ring (bicyclic) bond motifs is 9. The maximum Gasteiger partial charge on any atom is 0.178 e. The predicted octanol–water partition coefficient (Wildman–Crippen LogP) is 16.3. The molecule has 59 heavy (non-hydrogen) atoms. The minimum Gasteiger partial charge on any atom is -0.452 e. The van der Waals surface area contributed by atoms with Crippen LogP contribution in [0, 0.1) is 34.6 Å². The Hall–Kier alpha value is -7.30. The third-order valence-corrected chi connectivity index (χ3v) is 12.4. The number of nitrogens with zero attached hydrogens (tertiary/aromatic N) is 2. The lowest BCUT2D eigenvalue weighted by Crippen LogP contribution is -2.11. The van der Waals surface area contributed by atoms with Gasteiger partial charge in [0.15, 0.2) is 11.2 Å². The molecule has 284 valence electrons. The fourth-order valence-corrected chi connectivity index (χ4v) is 9.07. The number of aryl methyl sites for hydroxylation is 3. The van der Waals surface area contributed by atoms with Crippen molar-refractivity contribution in [1.29, 1.82) is 0 Å². The van der Waals surface area contributed by atoms with Crippen molar-refractivity contribution in [3.63, 3.8) is 0 Å². The fraction of sp³-hybridized carbons (Fsp3) is 0.0909. The molecule has 0 aliphatic carbocycles. The maximum absolute atomic E-state index is 6.84. The number of hydrogen-bond donors (Lipinski definition) is 0. The first kappa shape index (κ1) is 34.9. The van der Waals surface area contributed by atoms with Gasteiger partial charge in [-0.2, -0.15) is 0 Å². The van der Waals surface area contributed by atoms with Gasteiger partial charge in [-0.25, -0.2) is 0 Å². The van der Waals surface area contributed by atoms with E-state index >= 15 is 0 Å². The molecule has 0 fully saturated rings. The van der Waals surface area contributed by atoms with Crippen LogP contribution in [0.2, 0.25) is 0 Å². The Bertz CT molecular complexity index is 3450. The Balaban J connectivity index is 1.05. The van der Waals surface area contributed by atoms with Crippen LogP contribution in [0.3, 0.4) is 0 Å². The quantitative estimate of drug-likeness (QED) is 0.169. The highest BCUT2D eigenvalue weighted by Crippen LogP contribution is 2.45. The van der Waals surface area contributed by atoms with Crippen LogP contribution in [0.15, 0.2) is 173 Å². The molecule has 0 bridgehead atoms. The van der Waals surface area contributed by atoms with Gasteiger partial charge in [-0.15, -0.1) is 0 Å². The molecule has 11 rings (SSSR count). The minimum atomic E-state index is 0.781. The van der Waals surface area contributed by atoms with Gasteiger partial charge in [0.1, 0.15) is 11.2 Å². The second kappa shape index (κ2) is 13.4. The molecule has 4 nitrogen and oxygen atoms in total. The van der Waals surface area contributed by atoms with Crippen LogP contribution in [-0.2, 0) is 0 Å². The number of para-hydroxylation sites is 2. The summed E-state index contributed by atoms with van der Waals surface area (Å²) >= 11 is 0. The van der Waals surface area contributed by atoms with E-state index in [-0.39, 0.29) is 0 Å². The third kappa shape index (κ3) is 5.59. The molecule has 0 saturated carbocycles. The van der Waals surface area contributed by atoms with Crippen LogP contribution in [0.25, 0.3) is 65.4 Å². The first-order valence-corrected chi connectivity index (χ1v) is 20.3. The Morgan fingerprint density at radius 1 is 0.339 bits per heavy atom. The summed E-state index contributed by atoms with van der Waals surface area (Å²) in [6.07, 6.45) is 0. The summed E-state index contributed by atoms with van der Waals surface area (Å²) in [4.78, 5) is 4.70.